The molecule has 114 valence electrons. The number of ether oxygens (including phenoxy) is 1. The fourth-order valence-electron chi connectivity index (χ4n) is 2.51. The van der Waals surface area contributed by atoms with Crippen LogP contribution >= 0.6 is 0 Å². The average Bonchev–Trinajstić information content (AvgIpc) is 2.35. The monoisotopic (exact) mass is 294 g/mol. The Morgan fingerprint density at radius 1 is 1.30 bits per heavy atom. The van der Waals surface area contributed by atoms with E-state index in [0.29, 0.717) is 6.61 Å². The van der Waals surface area contributed by atoms with Gasteiger partial charge in [0.1, 0.15) is 0 Å². The van der Waals surface area contributed by atoms with Gasteiger partial charge in [0.15, 0.2) is 0 Å². The molecule has 20 heavy (non-hydrogen) atoms. The van der Waals surface area contributed by atoms with E-state index in [-0.39, 0.29) is 5.97 Å². The highest BCUT2D eigenvalue weighted by atomic mass is 28.3. The first-order chi connectivity index (χ1) is 9.31. The number of allylic oxidation sites excluding steroid dienone is 3. The minimum absolute atomic E-state index is 0.129. The van der Waals surface area contributed by atoms with Crippen LogP contribution in [0.5, 0.6) is 0 Å². The fourth-order valence-corrected chi connectivity index (χ4v) is 3.92. The normalized spacial score (nSPS) is 20.8. The van der Waals surface area contributed by atoms with Gasteiger partial charge in [0.25, 0.3) is 0 Å². The van der Waals surface area contributed by atoms with E-state index in [4.69, 9.17) is 4.74 Å². The molecule has 0 aromatic heterocycles. The van der Waals surface area contributed by atoms with Crippen molar-refractivity contribution >= 4 is 14.0 Å². The van der Waals surface area contributed by atoms with Crippen molar-refractivity contribution in [3.63, 3.8) is 0 Å². The Kier molecular flexibility index (Phi) is 6.73. The molecule has 0 aromatic rings. The van der Waals surface area contributed by atoms with Gasteiger partial charge < -0.3 is 4.74 Å². The lowest BCUT2D eigenvalue weighted by atomic mass is 9.87. The number of carbonyl (C=O) groups is 1. The first-order valence-electron chi connectivity index (χ1n) is 7.87. The SMILES string of the molecule is CCOC(=O)/C(=C\C=C1CCC(C)CC1)C[Si](C)(C)C. The number of carbonyl (C=O) groups excluding carboxylic acids is 1. The molecule has 0 atom stereocenters. The van der Waals surface area contributed by atoms with Crippen LogP contribution in [0.15, 0.2) is 23.3 Å². The predicted octanol–water partition coefficient (Wildman–Crippen LogP) is 4.95. The Morgan fingerprint density at radius 3 is 2.40 bits per heavy atom. The molecule has 0 bridgehead atoms. The van der Waals surface area contributed by atoms with Crippen LogP contribution in [0.1, 0.15) is 39.5 Å². The van der Waals surface area contributed by atoms with Gasteiger partial charge >= 0.3 is 5.97 Å². The van der Waals surface area contributed by atoms with Crippen molar-refractivity contribution in [2.45, 2.75) is 65.2 Å². The van der Waals surface area contributed by atoms with Crippen LogP contribution in [0.25, 0.3) is 0 Å². The van der Waals surface area contributed by atoms with Crippen molar-refractivity contribution in [1.82, 2.24) is 0 Å². The summed E-state index contributed by atoms with van der Waals surface area (Å²) in [6.45, 7) is 11.5. The van der Waals surface area contributed by atoms with E-state index in [1.165, 1.54) is 31.3 Å². The first-order valence-corrected chi connectivity index (χ1v) is 11.6. The van der Waals surface area contributed by atoms with Crippen LogP contribution in [0.4, 0.5) is 0 Å². The van der Waals surface area contributed by atoms with Crippen LogP contribution in [0, 0.1) is 5.92 Å². The highest BCUT2D eigenvalue weighted by Crippen LogP contribution is 2.28. The van der Waals surface area contributed by atoms with Crippen molar-refractivity contribution in [1.29, 1.82) is 0 Å². The zero-order valence-corrected chi connectivity index (χ0v) is 14.8. The second kappa shape index (κ2) is 7.82. The molecule has 3 heteroatoms. The van der Waals surface area contributed by atoms with Crippen LogP contribution in [-0.4, -0.2) is 20.7 Å². The van der Waals surface area contributed by atoms with Crippen LogP contribution in [0.3, 0.4) is 0 Å². The zero-order valence-electron chi connectivity index (χ0n) is 13.8. The summed E-state index contributed by atoms with van der Waals surface area (Å²) in [6.07, 6.45) is 9.13. The first kappa shape index (κ1) is 17.2. The van der Waals surface area contributed by atoms with Crippen molar-refractivity contribution in [3.8, 4) is 0 Å². The summed E-state index contributed by atoms with van der Waals surface area (Å²) in [6, 6.07) is 0.895. The molecule has 0 radical (unpaired) electrons. The third kappa shape index (κ3) is 6.55. The molecule has 1 fully saturated rings. The summed E-state index contributed by atoms with van der Waals surface area (Å²) in [5.41, 5.74) is 2.35. The fraction of sp³-hybridized carbons (Fsp3) is 0.706. The standard InChI is InChI=1S/C17H30O2Si/c1-6-19-17(18)16(13-20(3,4)5)12-11-15-9-7-14(2)8-10-15/h11-12,14H,6-10,13H2,1-5H3/b15-11?,16-12-. The molecule has 0 N–H and O–H groups in total. The number of hydrogen-bond acceptors (Lipinski definition) is 2. The molecule has 0 spiro atoms. The maximum absolute atomic E-state index is 12.0. The van der Waals surface area contributed by atoms with E-state index in [9.17, 15) is 4.79 Å². The van der Waals surface area contributed by atoms with Crippen molar-refractivity contribution < 1.29 is 9.53 Å². The highest BCUT2D eigenvalue weighted by Gasteiger charge is 2.20. The molecule has 2 nitrogen and oxygen atoms in total. The summed E-state index contributed by atoms with van der Waals surface area (Å²) >= 11 is 0. The smallest absolute Gasteiger partial charge is 0.333 e. The molecular weight excluding hydrogens is 264 g/mol. The molecule has 0 saturated heterocycles. The summed E-state index contributed by atoms with van der Waals surface area (Å²) in [5.74, 6) is 0.721. The molecule has 1 aliphatic carbocycles. The lowest BCUT2D eigenvalue weighted by Gasteiger charge is -2.20. The minimum atomic E-state index is -1.31. The highest BCUT2D eigenvalue weighted by molar-refractivity contribution is 6.77. The topological polar surface area (TPSA) is 26.3 Å². The summed E-state index contributed by atoms with van der Waals surface area (Å²) < 4.78 is 5.19. The molecule has 0 unspecified atom stereocenters. The van der Waals surface area contributed by atoms with E-state index >= 15 is 0 Å². The average molecular weight is 295 g/mol. The van der Waals surface area contributed by atoms with Gasteiger partial charge in [-0.2, -0.15) is 0 Å². The van der Waals surface area contributed by atoms with Gasteiger partial charge in [-0.15, -0.1) is 0 Å². The van der Waals surface area contributed by atoms with Gasteiger partial charge in [0, 0.05) is 13.6 Å². The number of hydrogen-bond donors (Lipinski definition) is 0. The van der Waals surface area contributed by atoms with Gasteiger partial charge in [-0.1, -0.05) is 44.3 Å². The van der Waals surface area contributed by atoms with E-state index < -0.39 is 8.07 Å². The minimum Gasteiger partial charge on any atom is -0.463 e. The lowest BCUT2D eigenvalue weighted by molar-refractivity contribution is -0.138. The molecule has 0 heterocycles. The van der Waals surface area contributed by atoms with Gasteiger partial charge in [0.2, 0.25) is 0 Å². The second-order valence-electron chi connectivity index (χ2n) is 7.16. The third-order valence-electron chi connectivity index (χ3n) is 3.70. The second-order valence-corrected chi connectivity index (χ2v) is 12.6. The van der Waals surface area contributed by atoms with Gasteiger partial charge in [0.05, 0.1) is 6.61 Å². The quantitative estimate of drug-likeness (QED) is 0.407. The van der Waals surface area contributed by atoms with Crippen molar-refractivity contribution in [2.24, 2.45) is 5.92 Å². The number of esters is 1. The Bertz CT molecular complexity index is 378. The van der Waals surface area contributed by atoms with E-state index in [0.717, 1.165) is 17.5 Å². The maximum atomic E-state index is 12.0. The molecule has 1 aliphatic rings. The zero-order chi connectivity index (χ0) is 15.2. The van der Waals surface area contributed by atoms with Crippen LogP contribution < -0.4 is 0 Å². The number of rotatable bonds is 5. The third-order valence-corrected chi connectivity index (χ3v) is 5.14. The van der Waals surface area contributed by atoms with Crippen molar-refractivity contribution in [2.75, 3.05) is 6.61 Å². The lowest BCUT2D eigenvalue weighted by Crippen LogP contribution is -2.23. The molecule has 0 aromatic carbocycles. The largest absolute Gasteiger partial charge is 0.463 e. The van der Waals surface area contributed by atoms with Crippen LogP contribution in [0.2, 0.25) is 25.7 Å². The summed E-state index contributed by atoms with van der Waals surface area (Å²) in [7, 11) is -1.31. The molecule has 0 aliphatic heterocycles. The Balaban J connectivity index is 2.78. The van der Waals surface area contributed by atoms with E-state index in [1.54, 1.807) is 0 Å². The maximum Gasteiger partial charge on any atom is 0.333 e. The molecule has 1 rings (SSSR count). The van der Waals surface area contributed by atoms with E-state index in [1.807, 2.05) is 13.0 Å². The Labute approximate surface area is 125 Å². The summed E-state index contributed by atoms with van der Waals surface area (Å²) in [5, 5.41) is 0. The van der Waals surface area contributed by atoms with Gasteiger partial charge in [-0.3, -0.25) is 0 Å². The Hall–Kier alpha value is -0.833. The molecule has 0 amide bonds. The van der Waals surface area contributed by atoms with Crippen LogP contribution in [-0.2, 0) is 9.53 Å². The van der Waals surface area contributed by atoms with Gasteiger partial charge in [-0.05, 0) is 44.6 Å². The molecule has 1 saturated carbocycles. The van der Waals surface area contributed by atoms with E-state index in [2.05, 4.69) is 32.6 Å². The summed E-state index contributed by atoms with van der Waals surface area (Å²) in [4.78, 5) is 12.0. The predicted molar refractivity (Wildman–Crippen MR) is 88.6 cm³/mol. The molecular formula is C17H30O2Si. The van der Waals surface area contributed by atoms with Crippen molar-refractivity contribution in [3.05, 3.63) is 23.3 Å². The Morgan fingerprint density at radius 2 is 1.90 bits per heavy atom. The van der Waals surface area contributed by atoms with Gasteiger partial charge in [-0.25, -0.2) is 4.79 Å².